The number of carbonyl (C=O) groups is 2. The smallest absolute Gasteiger partial charge is 0.347 e. The molecule has 0 radical (unpaired) electrons. The van der Waals surface area contributed by atoms with Crippen molar-refractivity contribution in [2.75, 3.05) is 6.54 Å². The highest BCUT2D eigenvalue weighted by molar-refractivity contribution is 6.36. The molecule has 7 nitrogen and oxygen atoms in total. The van der Waals surface area contributed by atoms with Crippen LogP contribution in [0.1, 0.15) is 5.56 Å². The summed E-state index contributed by atoms with van der Waals surface area (Å²) >= 11 is 18.1. The predicted molar refractivity (Wildman–Crippen MR) is 116 cm³/mol. The monoisotopic (exact) mass is 466 g/mol. The van der Waals surface area contributed by atoms with E-state index in [9.17, 15) is 14.4 Å². The van der Waals surface area contributed by atoms with Crippen LogP contribution >= 0.6 is 34.8 Å². The lowest BCUT2D eigenvalue weighted by molar-refractivity contribution is -0.121. The van der Waals surface area contributed by atoms with Gasteiger partial charge in [0.1, 0.15) is 12.8 Å². The van der Waals surface area contributed by atoms with Gasteiger partial charge in [0.2, 0.25) is 5.91 Å². The third-order valence-corrected chi connectivity index (χ3v) is 5.29. The Kier molecular flexibility index (Phi) is 7.31. The molecule has 30 heavy (non-hydrogen) atoms. The van der Waals surface area contributed by atoms with Gasteiger partial charge in [-0.25, -0.2) is 9.48 Å². The van der Waals surface area contributed by atoms with Crippen LogP contribution in [0, 0.1) is 0 Å². The van der Waals surface area contributed by atoms with Gasteiger partial charge >= 0.3 is 5.69 Å². The minimum absolute atomic E-state index is 0.177. The van der Waals surface area contributed by atoms with Gasteiger partial charge in [-0.1, -0.05) is 40.9 Å². The van der Waals surface area contributed by atoms with E-state index in [1.807, 2.05) is 0 Å². The number of nitrogens with zero attached hydrogens (tertiary/aromatic N) is 3. The van der Waals surface area contributed by atoms with Crippen LogP contribution in [-0.2, 0) is 29.1 Å². The maximum absolute atomic E-state index is 12.6. The fourth-order valence-electron chi connectivity index (χ4n) is 2.89. The van der Waals surface area contributed by atoms with Gasteiger partial charge < -0.3 is 10.1 Å². The molecule has 0 aliphatic carbocycles. The number of benzene rings is 2. The van der Waals surface area contributed by atoms with Crippen LogP contribution in [0.15, 0.2) is 47.3 Å². The van der Waals surface area contributed by atoms with Gasteiger partial charge in [-0.3, -0.25) is 9.36 Å². The number of nitrogens with one attached hydrogen (secondary N) is 1. The first-order chi connectivity index (χ1) is 14.4. The quantitative estimate of drug-likeness (QED) is 0.515. The van der Waals surface area contributed by atoms with Crippen LogP contribution in [0.25, 0.3) is 11.4 Å². The molecular formula is C20H17Cl3N4O3. The maximum Gasteiger partial charge on any atom is 0.347 e. The lowest BCUT2D eigenvalue weighted by atomic mass is 10.1. The Bertz CT molecular complexity index is 1100. The molecule has 1 aromatic heterocycles. The van der Waals surface area contributed by atoms with E-state index < -0.39 is 11.6 Å². The summed E-state index contributed by atoms with van der Waals surface area (Å²) < 4.78 is 2.22. The zero-order valence-electron chi connectivity index (χ0n) is 15.6. The molecule has 1 N–H and O–H groups in total. The normalized spacial score (nSPS) is 10.8. The first kappa shape index (κ1) is 22.1. The molecule has 0 spiro atoms. The van der Waals surface area contributed by atoms with Gasteiger partial charge in [0.05, 0.1) is 6.54 Å². The first-order valence-electron chi connectivity index (χ1n) is 8.97. The molecule has 1 amide bonds. The van der Waals surface area contributed by atoms with E-state index in [1.54, 1.807) is 42.5 Å². The highest BCUT2D eigenvalue weighted by Crippen LogP contribution is 2.24. The molecule has 3 aromatic rings. The van der Waals surface area contributed by atoms with Crippen molar-refractivity contribution < 1.29 is 9.59 Å². The van der Waals surface area contributed by atoms with Crippen LogP contribution in [0.3, 0.4) is 0 Å². The number of hydrogen-bond acceptors (Lipinski definition) is 4. The molecule has 0 aliphatic rings. The summed E-state index contributed by atoms with van der Waals surface area (Å²) in [6, 6.07) is 11.9. The molecule has 0 saturated carbocycles. The number of halogens is 3. The molecular weight excluding hydrogens is 451 g/mol. The third-order valence-electron chi connectivity index (χ3n) is 4.33. The largest absolute Gasteiger partial charge is 0.354 e. The van der Waals surface area contributed by atoms with E-state index in [-0.39, 0.29) is 25.5 Å². The summed E-state index contributed by atoms with van der Waals surface area (Å²) in [5.41, 5.74) is 0.779. The van der Waals surface area contributed by atoms with Gasteiger partial charge in [0.25, 0.3) is 0 Å². The van der Waals surface area contributed by atoms with Crippen molar-refractivity contribution in [2.24, 2.45) is 0 Å². The molecule has 0 atom stereocenters. The Morgan fingerprint density at radius 2 is 1.73 bits per heavy atom. The minimum Gasteiger partial charge on any atom is -0.354 e. The van der Waals surface area contributed by atoms with Gasteiger partial charge in [-0.05, 0) is 48.4 Å². The Morgan fingerprint density at radius 1 is 1.07 bits per heavy atom. The van der Waals surface area contributed by atoms with E-state index >= 15 is 0 Å². The van der Waals surface area contributed by atoms with Crippen molar-refractivity contribution in [1.29, 1.82) is 0 Å². The highest BCUT2D eigenvalue weighted by Gasteiger charge is 2.17. The number of rotatable bonds is 8. The number of hydrogen-bond donors (Lipinski definition) is 1. The summed E-state index contributed by atoms with van der Waals surface area (Å²) in [7, 11) is 0. The third kappa shape index (κ3) is 5.11. The Balaban J connectivity index is 1.72. The second kappa shape index (κ2) is 9.93. The average molecular weight is 468 g/mol. The Labute approximate surface area is 187 Å². The summed E-state index contributed by atoms with van der Waals surface area (Å²) in [4.78, 5) is 35.9. The molecule has 0 bridgehead atoms. The number of aldehydes is 1. The van der Waals surface area contributed by atoms with Crippen molar-refractivity contribution >= 4 is 47.0 Å². The van der Waals surface area contributed by atoms with E-state index in [0.29, 0.717) is 33.3 Å². The SMILES string of the molecule is O=CCn1c(-c2ccc(Cl)cc2)nn(CC(=O)NCCc2c(Cl)cccc2Cl)c1=O. The number of carbonyl (C=O) groups excluding carboxylic acids is 2. The van der Waals surface area contributed by atoms with Crippen molar-refractivity contribution in [3.05, 3.63) is 73.6 Å². The lowest BCUT2D eigenvalue weighted by Gasteiger charge is -2.08. The molecule has 0 aliphatic heterocycles. The molecule has 1 heterocycles. The lowest BCUT2D eigenvalue weighted by Crippen LogP contribution is -2.34. The van der Waals surface area contributed by atoms with Crippen LogP contribution < -0.4 is 11.0 Å². The fourth-order valence-corrected chi connectivity index (χ4v) is 3.60. The van der Waals surface area contributed by atoms with Gasteiger partial charge in [-0.2, -0.15) is 0 Å². The second-order valence-corrected chi connectivity index (χ2v) is 7.60. The molecule has 10 heteroatoms. The molecule has 0 unspecified atom stereocenters. The highest BCUT2D eigenvalue weighted by atomic mass is 35.5. The van der Waals surface area contributed by atoms with Crippen LogP contribution in [0.4, 0.5) is 0 Å². The van der Waals surface area contributed by atoms with E-state index in [2.05, 4.69) is 10.4 Å². The molecule has 0 saturated heterocycles. The summed E-state index contributed by atoms with van der Waals surface area (Å²) in [6.45, 7) is -0.179. The minimum atomic E-state index is -0.559. The summed E-state index contributed by atoms with van der Waals surface area (Å²) in [5.74, 6) is -0.127. The van der Waals surface area contributed by atoms with Gasteiger partial charge in [0, 0.05) is 27.2 Å². The Morgan fingerprint density at radius 3 is 2.37 bits per heavy atom. The maximum atomic E-state index is 12.6. The molecule has 156 valence electrons. The zero-order chi connectivity index (χ0) is 21.7. The second-order valence-electron chi connectivity index (χ2n) is 6.35. The Hall–Kier alpha value is -2.61. The van der Waals surface area contributed by atoms with E-state index in [1.165, 1.54) is 4.57 Å². The average Bonchev–Trinajstić information content (AvgIpc) is 3.01. The summed E-state index contributed by atoms with van der Waals surface area (Å²) in [5, 5.41) is 8.51. The van der Waals surface area contributed by atoms with Gasteiger partial charge in [0.15, 0.2) is 5.82 Å². The van der Waals surface area contributed by atoms with Gasteiger partial charge in [-0.15, -0.1) is 5.10 Å². The van der Waals surface area contributed by atoms with E-state index in [0.717, 1.165) is 10.2 Å². The van der Waals surface area contributed by atoms with Crippen molar-refractivity contribution in [2.45, 2.75) is 19.5 Å². The topological polar surface area (TPSA) is 86.0 Å². The molecule has 3 rings (SSSR count). The molecule has 2 aromatic carbocycles. The molecule has 0 fully saturated rings. The number of aromatic nitrogens is 3. The van der Waals surface area contributed by atoms with Crippen molar-refractivity contribution in [3.63, 3.8) is 0 Å². The number of amides is 1. The van der Waals surface area contributed by atoms with Crippen LogP contribution in [-0.4, -0.2) is 33.1 Å². The predicted octanol–water partition coefficient (Wildman–Crippen LogP) is 3.23. The zero-order valence-corrected chi connectivity index (χ0v) is 17.9. The van der Waals surface area contributed by atoms with Crippen molar-refractivity contribution in [1.82, 2.24) is 19.7 Å². The first-order valence-corrected chi connectivity index (χ1v) is 10.1. The van der Waals surface area contributed by atoms with Crippen LogP contribution in [0.2, 0.25) is 15.1 Å². The standard InChI is InChI=1S/C20H17Cl3N4O3/c21-14-6-4-13(5-7-14)19-25-27(20(30)26(19)10-11-28)12-18(29)24-9-8-15-16(22)2-1-3-17(15)23/h1-7,11H,8-10,12H2,(H,24,29). The van der Waals surface area contributed by atoms with Crippen molar-refractivity contribution in [3.8, 4) is 11.4 Å². The summed E-state index contributed by atoms with van der Waals surface area (Å²) in [6.07, 6.45) is 1.04. The fraction of sp³-hybridized carbons (Fsp3) is 0.200. The van der Waals surface area contributed by atoms with E-state index in [4.69, 9.17) is 34.8 Å². The van der Waals surface area contributed by atoms with Crippen LogP contribution in [0.5, 0.6) is 0 Å².